The predicted molar refractivity (Wildman–Crippen MR) is 101 cm³/mol. The van der Waals surface area contributed by atoms with E-state index in [1.54, 1.807) is 0 Å². The van der Waals surface area contributed by atoms with Crippen LogP contribution in [0, 0.1) is 5.41 Å². The van der Waals surface area contributed by atoms with Crippen LogP contribution >= 0.6 is 0 Å². The molecule has 1 aliphatic heterocycles. The van der Waals surface area contributed by atoms with E-state index in [2.05, 4.69) is 11.5 Å². The molecule has 1 N–H and O–H groups in total. The van der Waals surface area contributed by atoms with Gasteiger partial charge in [0.25, 0.3) is 5.91 Å². The molecule has 1 fully saturated rings. The number of nitrogens with one attached hydrogen (secondary N) is 1. The number of fused-ring (bicyclic) bond motifs is 1. The van der Waals surface area contributed by atoms with Crippen LogP contribution in [0.5, 0.6) is 5.75 Å². The summed E-state index contributed by atoms with van der Waals surface area (Å²) in [6.45, 7) is 7.85. The van der Waals surface area contributed by atoms with Crippen molar-refractivity contribution in [2.45, 2.75) is 0 Å². The molecule has 1 saturated heterocycles. The van der Waals surface area contributed by atoms with Gasteiger partial charge in [0.15, 0.2) is 6.61 Å². The summed E-state index contributed by atoms with van der Waals surface area (Å²) in [7, 11) is 0. The van der Waals surface area contributed by atoms with Crippen molar-refractivity contribution in [2.75, 3.05) is 39.3 Å². The number of ether oxygens (including phenoxy) is 1. The highest BCUT2D eigenvalue weighted by Gasteiger charge is 2.20. The van der Waals surface area contributed by atoms with Crippen molar-refractivity contribution in [3.8, 4) is 5.75 Å². The highest BCUT2D eigenvalue weighted by Crippen LogP contribution is 2.27. The Hall–Kier alpha value is -2.66. The standard InChI is InChI=1S/C20H23N3O2/c1-2-9-22-10-12-23(13-11-22)20(24)15-25-19-8-7-16(14-21)17-5-3-4-6-18(17)19/h2-8,14,21H,1,9-13,15H2. The van der Waals surface area contributed by atoms with Gasteiger partial charge in [0.05, 0.1) is 0 Å². The van der Waals surface area contributed by atoms with Gasteiger partial charge in [0.1, 0.15) is 5.75 Å². The SMILES string of the molecule is C=CCN1CCN(C(=O)COc2ccc(C=N)c3ccccc23)CC1. The Labute approximate surface area is 148 Å². The van der Waals surface area contributed by atoms with Crippen LogP contribution < -0.4 is 4.74 Å². The Morgan fingerprint density at radius 1 is 1.12 bits per heavy atom. The van der Waals surface area contributed by atoms with Gasteiger partial charge in [0, 0.05) is 49.9 Å². The fraction of sp³-hybridized carbons (Fsp3) is 0.300. The summed E-state index contributed by atoms with van der Waals surface area (Å²) in [6.07, 6.45) is 3.23. The molecule has 1 aliphatic rings. The number of hydrogen-bond acceptors (Lipinski definition) is 4. The summed E-state index contributed by atoms with van der Waals surface area (Å²) in [5.74, 6) is 0.693. The second kappa shape index (κ2) is 7.94. The van der Waals surface area contributed by atoms with E-state index in [-0.39, 0.29) is 12.5 Å². The number of carbonyl (C=O) groups excluding carboxylic acids is 1. The number of piperazine rings is 1. The van der Waals surface area contributed by atoms with Crippen LogP contribution in [0.25, 0.3) is 10.8 Å². The molecule has 0 spiro atoms. The zero-order valence-electron chi connectivity index (χ0n) is 14.3. The molecule has 0 aromatic heterocycles. The van der Waals surface area contributed by atoms with Crippen LogP contribution in [0.3, 0.4) is 0 Å². The maximum Gasteiger partial charge on any atom is 0.260 e. The monoisotopic (exact) mass is 337 g/mol. The van der Waals surface area contributed by atoms with E-state index < -0.39 is 0 Å². The van der Waals surface area contributed by atoms with Crippen molar-refractivity contribution in [1.82, 2.24) is 9.80 Å². The molecule has 1 amide bonds. The fourth-order valence-corrected chi connectivity index (χ4v) is 3.14. The second-order valence-corrected chi connectivity index (χ2v) is 6.10. The third kappa shape index (κ3) is 3.88. The van der Waals surface area contributed by atoms with Gasteiger partial charge in [-0.05, 0) is 17.5 Å². The molecule has 2 aromatic carbocycles. The molecule has 5 nitrogen and oxygen atoms in total. The molecule has 130 valence electrons. The summed E-state index contributed by atoms with van der Waals surface area (Å²) in [6, 6.07) is 11.5. The third-order valence-corrected chi connectivity index (χ3v) is 4.54. The van der Waals surface area contributed by atoms with E-state index in [0.717, 1.165) is 49.1 Å². The molecule has 5 heteroatoms. The number of hydrogen-bond donors (Lipinski definition) is 1. The van der Waals surface area contributed by atoms with Crippen molar-refractivity contribution in [3.05, 3.63) is 54.6 Å². The zero-order valence-corrected chi connectivity index (χ0v) is 14.3. The van der Waals surface area contributed by atoms with Gasteiger partial charge in [-0.25, -0.2) is 0 Å². The number of amides is 1. The van der Waals surface area contributed by atoms with Crippen molar-refractivity contribution in [1.29, 1.82) is 5.41 Å². The smallest absolute Gasteiger partial charge is 0.260 e. The minimum Gasteiger partial charge on any atom is -0.483 e. The number of rotatable bonds is 6. The van der Waals surface area contributed by atoms with Crippen molar-refractivity contribution in [2.24, 2.45) is 0 Å². The summed E-state index contributed by atoms with van der Waals surface area (Å²) < 4.78 is 5.81. The molecule has 0 radical (unpaired) electrons. The molecular weight excluding hydrogens is 314 g/mol. The van der Waals surface area contributed by atoms with Crippen LogP contribution in [0.15, 0.2) is 49.1 Å². The number of nitrogens with zero attached hydrogens (tertiary/aromatic N) is 2. The van der Waals surface area contributed by atoms with Crippen LogP contribution in [0.1, 0.15) is 5.56 Å². The van der Waals surface area contributed by atoms with Crippen LogP contribution in [0.2, 0.25) is 0 Å². The van der Waals surface area contributed by atoms with E-state index in [1.165, 1.54) is 6.21 Å². The third-order valence-electron chi connectivity index (χ3n) is 4.54. The van der Waals surface area contributed by atoms with E-state index in [1.807, 2.05) is 47.4 Å². The minimum atomic E-state index is 0.0125. The van der Waals surface area contributed by atoms with Gasteiger partial charge in [-0.3, -0.25) is 9.69 Å². The minimum absolute atomic E-state index is 0.0125. The van der Waals surface area contributed by atoms with Crippen molar-refractivity contribution in [3.63, 3.8) is 0 Å². The lowest BCUT2D eigenvalue weighted by Gasteiger charge is -2.34. The van der Waals surface area contributed by atoms with Gasteiger partial charge in [-0.2, -0.15) is 0 Å². The van der Waals surface area contributed by atoms with Crippen LogP contribution in [-0.2, 0) is 4.79 Å². The highest BCUT2D eigenvalue weighted by atomic mass is 16.5. The van der Waals surface area contributed by atoms with E-state index in [0.29, 0.717) is 5.75 Å². The summed E-state index contributed by atoms with van der Waals surface area (Å²) in [5, 5.41) is 9.39. The zero-order chi connectivity index (χ0) is 17.6. The van der Waals surface area contributed by atoms with Gasteiger partial charge >= 0.3 is 0 Å². The molecule has 25 heavy (non-hydrogen) atoms. The Bertz CT molecular complexity index is 780. The molecule has 0 unspecified atom stereocenters. The molecule has 0 atom stereocenters. The molecule has 2 aromatic rings. The first kappa shape index (κ1) is 17.2. The van der Waals surface area contributed by atoms with E-state index in [9.17, 15) is 4.79 Å². The first-order valence-electron chi connectivity index (χ1n) is 8.49. The summed E-state index contributed by atoms with van der Waals surface area (Å²) in [4.78, 5) is 16.6. The average Bonchev–Trinajstić information content (AvgIpc) is 2.66. The lowest BCUT2D eigenvalue weighted by Crippen LogP contribution is -2.49. The topological polar surface area (TPSA) is 56.6 Å². The quantitative estimate of drug-likeness (QED) is 0.651. The van der Waals surface area contributed by atoms with Gasteiger partial charge in [-0.1, -0.05) is 30.3 Å². The lowest BCUT2D eigenvalue weighted by atomic mass is 10.0. The van der Waals surface area contributed by atoms with Crippen molar-refractivity contribution < 1.29 is 9.53 Å². The lowest BCUT2D eigenvalue weighted by molar-refractivity contribution is -0.135. The first-order valence-corrected chi connectivity index (χ1v) is 8.49. The van der Waals surface area contributed by atoms with E-state index in [4.69, 9.17) is 10.1 Å². The number of benzene rings is 2. The Kier molecular flexibility index (Phi) is 5.46. The Morgan fingerprint density at radius 2 is 1.84 bits per heavy atom. The largest absolute Gasteiger partial charge is 0.483 e. The predicted octanol–water partition coefficient (Wildman–Crippen LogP) is 2.55. The number of carbonyl (C=O) groups is 1. The molecule has 3 rings (SSSR count). The average molecular weight is 337 g/mol. The molecule has 0 saturated carbocycles. The molecule has 0 bridgehead atoms. The summed E-state index contributed by atoms with van der Waals surface area (Å²) >= 11 is 0. The van der Waals surface area contributed by atoms with Gasteiger partial charge < -0.3 is 15.0 Å². The summed E-state index contributed by atoms with van der Waals surface area (Å²) in [5.41, 5.74) is 0.840. The first-order chi connectivity index (χ1) is 12.2. The maximum atomic E-state index is 12.4. The van der Waals surface area contributed by atoms with Gasteiger partial charge in [-0.15, -0.1) is 6.58 Å². The Balaban J connectivity index is 1.64. The van der Waals surface area contributed by atoms with Crippen LogP contribution in [-0.4, -0.2) is 61.3 Å². The molecule has 0 aliphatic carbocycles. The normalized spacial score (nSPS) is 15.1. The molecular formula is C20H23N3O2. The van der Waals surface area contributed by atoms with Crippen molar-refractivity contribution >= 4 is 22.9 Å². The molecule has 1 heterocycles. The van der Waals surface area contributed by atoms with Gasteiger partial charge in [0.2, 0.25) is 0 Å². The Morgan fingerprint density at radius 3 is 2.52 bits per heavy atom. The van der Waals surface area contributed by atoms with E-state index >= 15 is 0 Å². The maximum absolute atomic E-state index is 12.4. The van der Waals surface area contributed by atoms with Crippen LogP contribution in [0.4, 0.5) is 0 Å². The second-order valence-electron chi connectivity index (χ2n) is 6.10. The fourth-order valence-electron chi connectivity index (χ4n) is 3.14. The highest BCUT2D eigenvalue weighted by molar-refractivity contribution is 6.01.